The van der Waals surface area contributed by atoms with Crippen LogP contribution in [0.4, 0.5) is 24.5 Å². The van der Waals surface area contributed by atoms with Crippen LogP contribution in [0, 0.1) is 0 Å². The minimum Gasteiger partial charge on any atom is -0.406 e. The zero-order chi connectivity index (χ0) is 24.7. The van der Waals surface area contributed by atoms with Gasteiger partial charge in [-0.05, 0) is 61.4 Å². The Morgan fingerprint density at radius 3 is 2.61 bits per heavy atom. The summed E-state index contributed by atoms with van der Waals surface area (Å²) in [6, 6.07) is 21.3. The van der Waals surface area contributed by atoms with Gasteiger partial charge in [0.2, 0.25) is 0 Å². The average molecular weight is 487 g/mol. The van der Waals surface area contributed by atoms with E-state index in [0.717, 1.165) is 35.1 Å². The lowest BCUT2D eigenvalue weighted by molar-refractivity contribution is -0.274. The summed E-state index contributed by atoms with van der Waals surface area (Å²) < 4.78 is 44.9. The van der Waals surface area contributed by atoms with Gasteiger partial charge in [0.1, 0.15) is 5.75 Å². The van der Waals surface area contributed by atoms with Gasteiger partial charge in [-0.3, -0.25) is 9.98 Å². The van der Waals surface area contributed by atoms with Gasteiger partial charge in [-0.1, -0.05) is 18.2 Å². The van der Waals surface area contributed by atoms with Crippen LogP contribution in [0.3, 0.4) is 0 Å². The molecule has 0 bridgehead atoms. The SMILES string of the molecule is FC(F)(F)Oc1cccc(-n2c3c/c(=N\C4CC4)c(Nc4cccnc4)cc-3nc3ccccc32)c1. The number of hydrogen-bond donors (Lipinski definition) is 1. The first kappa shape index (κ1) is 22.1. The Morgan fingerprint density at radius 1 is 0.972 bits per heavy atom. The summed E-state index contributed by atoms with van der Waals surface area (Å²) in [7, 11) is 0. The predicted octanol–water partition coefficient (Wildman–Crippen LogP) is 6.23. The fourth-order valence-electron chi connectivity index (χ4n) is 4.14. The molecule has 6 nitrogen and oxygen atoms in total. The second kappa shape index (κ2) is 8.67. The smallest absolute Gasteiger partial charge is 0.406 e. The third-order valence-corrected chi connectivity index (χ3v) is 5.82. The number of ether oxygens (including phenoxy) is 1. The number of pyridine rings is 1. The molecule has 0 saturated heterocycles. The molecule has 36 heavy (non-hydrogen) atoms. The maximum absolute atomic E-state index is 12.9. The molecule has 180 valence electrons. The first-order valence-electron chi connectivity index (χ1n) is 11.5. The second-order valence-electron chi connectivity index (χ2n) is 8.57. The van der Waals surface area contributed by atoms with E-state index in [4.69, 9.17) is 9.98 Å². The van der Waals surface area contributed by atoms with E-state index in [1.807, 2.05) is 53.1 Å². The number of benzene rings is 3. The number of aromatic nitrogens is 3. The zero-order valence-corrected chi connectivity index (χ0v) is 18.9. The maximum atomic E-state index is 12.9. The Morgan fingerprint density at radius 2 is 1.83 bits per heavy atom. The number of fused-ring (bicyclic) bond motifs is 2. The predicted molar refractivity (Wildman–Crippen MR) is 130 cm³/mol. The van der Waals surface area contributed by atoms with Crippen molar-refractivity contribution in [3.05, 3.63) is 90.5 Å². The third-order valence-electron chi connectivity index (χ3n) is 5.82. The number of para-hydroxylation sites is 2. The molecule has 0 spiro atoms. The monoisotopic (exact) mass is 487 g/mol. The second-order valence-corrected chi connectivity index (χ2v) is 8.57. The molecule has 1 N–H and O–H groups in total. The molecule has 1 saturated carbocycles. The highest BCUT2D eigenvalue weighted by Gasteiger charge is 2.31. The number of rotatable bonds is 5. The van der Waals surface area contributed by atoms with E-state index < -0.39 is 6.36 Å². The lowest BCUT2D eigenvalue weighted by atomic mass is 10.1. The molecule has 1 fully saturated rings. The minimum absolute atomic E-state index is 0.252. The maximum Gasteiger partial charge on any atom is 0.573 e. The third kappa shape index (κ3) is 4.59. The van der Waals surface area contributed by atoms with Crippen LogP contribution in [0.25, 0.3) is 28.1 Å². The fourth-order valence-corrected chi connectivity index (χ4v) is 4.14. The Kier molecular flexibility index (Phi) is 5.32. The number of alkyl halides is 3. The summed E-state index contributed by atoms with van der Waals surface area (Å²) in [5.41, 5.74) is 4.95. The molecule has 2 aliphatic carbocycles. The van der Waals surface area contributed by atoms with Gasteiger partial charge in [-0.25, -0.2) is 4.98 Å². The molecule has 9 heteroatoms. The van der Waals surface area contributed by atoms with E-state index in [1.165, 1.54) is 18.2 Å². The Balaban J connectivity index is 1.60. The van der Waals surface area contributed by atoms with Crippen molar-refractivity contribution in [1.29, 1.82) is 0 Å². The first-order chi connectivity index (χ1) is 17.4. The molecule has 6 rings (SSSR count). The van der Waals surface area contributed by atoms with Crippen LogP contribution in [0.15, 0.2) is 90.2 Å². The highest BCUT2D eigenvalue weighted by Crippen LogP contribution is 2.33. The number of anilines is 2. The van der Waals surface area contributed by atoms with Gasteiger partial charge in [0, 0.05) is 18.0 Å². The van der Waals surface area contributed by atoms with Crippen LogP contribution in [0.1, 0.15) is 12.8 Å². The molecular formula is C27H20F3N5O. The van der Waals surface area contributed by atoms with Crippen molar-refractivity contribution in [1.82, 2.24) is 14.5 Å². The quantitative estimate of drug-likeness (QED) is 0.299. The van der Waals surface area contributed by atoms with E-state index >= 15 is 0 Å². The summed E-state index contributed by atoms with van der Waals surface area (Å²) in [4.78, 5) is 13.9. The van der Waals surface area contributed by atoms with Gasteiger partial charge in [-0.2, -0.15) is 0 Å². The summed E-state index contributed by atoms with van der Waals surface area (Å²) in [6.45, 7) is 0. The van der Waals surface area contributed by atoms with Crippen LogP contribution in [-0.4, -0.2) is 26.9 Å². The molecule has 0 radical (unpaired) electrons. The average Bonchev–Trinajstić information content (AvgIpc) is 3.67. The Bertz CT molecular complexity index is 1590. The summed E-state index contributed by atoms with van der Waals surface area (Å²) in [5.74, 6) is -0.292. The molecular weight excluding hydrogens is 467 g/mol. The van der Waals surface area contributed by atoms with Crippen LogP contribution in [0.2, 0.25) is 0 Å². The largest absolute Gasteiger partial charge is 0.573 e. The summed E-state index contributed by atoms with van der Waals surface area (Å²) in [5, 5.41) is 4.14. The molecule has 0 amide bonds. The first-order valence-corrected chi connectivity index (χ1v) is 11.5. The van der Waals surface area contributed by atoms with Crippen LogP contribution < -0.4 is 15.4 Å². The highest BCUT2D eigenvalue weighted by atomic mass is 19.4. The number of hydrogen-bond acceptors (Lipinski definition) is 5. The van der Waals surface area contributed by atoms with Gasteiger partial charge in [0.15, 0.2) is 0 Å². The topological polar surface area (TPSA) is 64.3 Å². The van der Waals surface area contributed by atoms with Crippen LogP contribution >= 0.6 is 0 Å². The van der Waals surface area contributed by atoms with Crippen molar-refractivity contribution in [3.63, 3.8) is 0 Å². The summed E-state index contributed by atoms with van der Waals surface area (Å²) in [6.07, 6.45) is 0.697. The lowest BCUT2D eigenvalue weighted by Crippen LogP contribution is -2.17. The van der Waals surface area contributed by atoms with Crippen molar-refractivity contribution in [2.45, 2.75) is 25.2 Å². The van der Waals surface area contributed by atoms with Crippen LogP contribution in [-0.2, 0) is 0 Å². The molecule has 1 aliphatic heterocycles. The Labute approximate surface area is 204 Å². The van der Waals surface area contributed by atoms with Gasteiger partial charge in [0.25, 0.3) is 0 Å². The molecule has 3 aliphatic rings. The van der Waals surface area contributed by atoms with Crippen molar-refractivity contribution >= 4 is 22.4 Å². The van der Waals surface area contributed by atoms with Crippen molar-refractivity contribution in [3.8, 4) is 22.8 Å². The minimum atomic E-state index is -4.78. The van der Waals surface area contributed by atoms with Gasteiger partial charge in [-0.15, -0.1) is 13.2 Å². The number of halogens is 3. The normalized spacial score (nSPS) is 14.4. The number of nitrogens with one attached hydrogen (secondary N) is 1. The van der Waals surface area contributed by atoms with Crippen molar-refractivity contribution < 1.29 is 17.9 Å². The van der Waals surface area contributed by atoms with Gasteiger partial charge < -0.3 is 14.6 Å². The lowest BCUT2D eigenvalue weighted by Gasteiger charge is -2.21. The fraction of sp³-hybridized carbons (Fsp3) is 0.148. The molecule has 3 aromatic rings. The number of nitrogens with zero attached hydrogens (tertiary/aromatic N) is 4. The van der Waals surface area contributed by atoms with Crippen molar-refractivity contribution in [2.24, 2.45) is 4.99 Å². The zero-order valence-electron chi connectivity index (χ0n) is 18.9. The standard InChI is InChI=1S/C27H20F3N5O/c28-27(29,30)36-20-7-3-6-19(13-20)35-25-9-2-1-8-21(25)34-24-14-22(33-18-5-4-12-31-16-18)23(15-26(24)35)32-17-10-11-17/h1-9,12-17,33H,10-11H2/b32-23+. The highest BCUT2D eigenvalue weighted by molar-refractivity contribution is 5.84. The van der Waals surface area contributed by atoms with E-state index in [2.05, 4.69) is 15.0 Å². The molecule has 2 aromatic carbocycles. The van der Waals surface area contributed by atoms with E-state index in [-0.39, 0.29) is 11.8 Å². The van der Waals surface area contributed by atoms with E-state index in [0.29, 0.717) is 22.6 Å². The molecule has 0 unspecified atom stereocenters. The van der Waals surface area contributed by atoms with Crippen molar-refractivity contribution in [2.75, 3.05) is 5.32 Å². The Hall–Kier alpha value is -4.40. The molecule has 1 aromatic heterocycles. The molecule has 0 atom stereocenters. The van der Waals surface area contributed by atoms with Gasteiger partial charge in [0.05, 0.1) is 51.4 Å². The van der Waals surface area contributed by atoms with E-state index in [1.54, 1.807) is 18.5 Å². The van der Waals surface area contributed by atoms with Crippen LogP contribution in [0.5, 0.6) is 5.75 Å². The van der Waals surface area contributed by atoms with E-state index in [9.17, 15) is 13.2 Å². The van der Waals surface area contributed by atoms with Gasteiger partial charge >= 0.3 is 6.36 Å². The molecule has 2 heterocycles. The summed E-state index contributed by atoms with van der Waals surface area (Å²) >= 11 is 0.